The van der Waals surface area contributed by atoms with Crippen molar-refractivity contribution < 1.29 is 23.1 Å². The SMILES string of the molecule is CC[C@H]1CCCN1S(=O)(=O)c1ccc(-c2cccc(NC(=O)C3(c4ccc(OC)c(CO)c4)CC3)n2)cc1. The Morgan fingerprint density at radius 1 is 1.16 bits per heavy atom. The van der Waals surface area contributed by atoms with Crippen LogP contribution < -0.4 is 10.1 Å². The van der Waals surface area contributed by atoms with Crippen LogP contribution in [-0.4, -0.2) is 48.4 Å². The highest BCUT2D eigenvalue weighted by molar-refractivity contribution is 7.89. The van der Waals surface area contributed by atoms with Gasteiger partial charge in [-0.15, -0.1) is 0 Å². The molecule has 2 aromatic carbocycles. The van der Waals surface area contributed by atoms with Crippen molar-refractivity contribution in [1.29, 1.82) is 0 Å². The van der Waals surface area contributed by atoms with E-state index in [1.54, 1.807) is 47.8 Å². The molecule has 1 atom stereocenters. The molecular weight excluding hydrogens is 502 g/mol. The average molecular weight is 536 g/mol. The van der Waals surface area contributed by atoms with E-state index in [1.165, 1.54) is 0 Å². The summed E-state index contributed by atoms with van der Waals surface area (Å²) in [5, 5.41) is 12.6. The van der Waals surface area contributed by atoms with Crippen molar-refractivity contribution >= 4 is 21.7 Å². The fourth-order valence-electron chi connectivity index (χ4n) is 5.34. The van der Waals surface area contributed by atoms with Gasteiger partial charge in [-0.25, -0.2) is 13.4 Å². The van der Waals surface area contributed by atoms with Crippen molar-refractivity contribution in [2.45, 2.75) is 62.0 Å². The molecule has 0 radical (unpaired) electrons. The molecule has 5 rings (SSSR count). The molecule has 1 saturated heterocycles. The minimum Gasteiger partial charge on any atom is -0.496 e. The lowest BCUT2D eigenvalue weighted by atomic mass is 9.93. The molecule has 3 aromatic rings. The summed E-state index contributed by atoms with van der Waals surface area (Å²) in [5.41, 5.74) is 2.23. The number of aromatic nitrogens is 1. The van der Waals surface area contributed by atoms with Gasteiger partial charge in [-0.3, -0.25) is 4.79 Å². The van der Waals surface area contributed by atoms with Gasteiger partial charge >= 0.3 is 0 Å². The van der Waals surface area contributed by atoms with E-state index in [0.29, 0.717) is 42.2 Å². The van der Waals surface area contributed by atoms with Crippen LogP contribution in [0.5, 0.6) is 5.75 Å². The molecule has 38 heavy (non-hydrogen) atoms. The lowest BCUT2D eigenvalue weighted by molar-refractivity contribution is -0.118. The van der Waals surface area contributed by atoms with Gasteiger partial charge in [0.25, 0.3) is 0 Å². The van der Waals surface area contributed by atoms with Gasteiger partial charge in [0.1, 0.15) is 11.6 Å². The molecule has 2 fully saturated rings. The van der Waals surface area contributed by atoms with Gasteiger partial charge in [-0.1, -0.05) is 31.2 Å². The highest BCUT2D eigenvalue weighted by Gasteiger charge is 2.51. The summed E-state index contributed by atoms with van der Waals surface area (Å²) in [6.45, 7) is 2.41. The molecule has 2 heterocycles. The minimum atomic E-state index is -3.54. The third-order valence-corrected chi connectivity index (χ3v) is 9.70. The summed E-state index contributed by atoms with van der Waals surface area (Å²) < 4.78 is 33.2. The van der Waals surface area contributed by atoms with Crippen LogP contribution in [0.2, 0.25) is 0 Å². The maximum absolute atomic E-state index is 13.3. The fraction of sp³-hybridized carbons (Fsp3) is 0.379. The molecule has 8 nitrogen and oxygen atoms in total. The number of benzene rings is 2. The van der Waals surface area contributed by atoms with Crippen LogP contribution in [-0.2, 0) is 26.8 Å². The van der Waals surface area contributed by atoms with E-state index >= 15 is 0 Å². The van der Waals surface area contributed by atoms with E-state index in [2.05, 4.69) is 10.3 Å². The highest BCUT2D eigenvalue weighted by atomic mass is 32.2. The summed E-state index contributed by atoms with van der Waals surface area (Å²) in [6, 6.07) is 17.7. The monoisotopic (exact) mass is 535 g/mol. The number of aliphatic hydroxyl groups excluding tert-OH is 1. The van der Waals surface area contributed by atoms with Crippen molar-refractivity contribution in [3.63, 3.8) is 0 Å². The van der Waals surface area contributed by atoms with Crippen molar-refractivity contribution in [2.24, 2.45) is 0 Å². The molecule has 0 spiro atoms. The number of nitrogens with zero attached hydrogens (tertiary/aromatic N) is 2. The van der Waals surface area contributed by atoms with Crippen molar-refractivity contribution in [3.8, 4) is 17.0 Å². The van der Waals surface area contributed by atoms with Crippen LogP contribution in [0.15, 0.2) is 65.6 Å². The number of nitrogens with one attached hydrogen (secondary N) is 1. The zero-order chi connectivity index (χ0) is 26.9. The number of hydrogen-bond donors (Lipinski definition) is 2. The predicted octanol–water partition coefficient (Wildman–Crippen LogP) is 4.48. The number of ether oxygens (including phenoxy) is 1. The summed E-state index contributed by atoms with van der Waals surface area (Å²) in [4.78, 5) is 18.2. The maximum atomic E-state index is 13.3. The Morgan fingerprint density at radius 3 is 2.58 bits per heavy atom. The number of hydrogen-bond acceptors (Lipinski definition) is 6. The Morgan fingerprint density at radius 2 is 1.92 bits per heavy atom. The van der Waals surface area contributed by atoms with E-state index in [0.717, 1.165) is 30.4 Å². The van der Waals surface area contributed by atoms with Gasteiger partial charge in [-0.2, -0.15) is 4.31 Å². The first-order chi connectivity index (χ1) is 18.3. The van der Waals surface area contributed by atoms with Crippen LogP contribution in [0.3, 0.4) is 0 Å². The molecule has 2 N–H and O–H groups in total. The number of methoxy groups -OCH3 is 1. The van der Waals surface area contributed by atoms with Gasteiger partial charge in [-0.05, 0) is 74.1 Å². The zero-order valence-electron chi connectivity index (χ0n) is 21.7. The van der Waals surface area contributed by atoms with Crippen molar-refractivity contribution in [1.82, 2.24) is 9.29 Å². The normalized spacial score (nSPS) is 18.8. The zero-order valence-corrected chi connectivity index (χ0v) is 22.5. The Balaban J connectivity index is 1.33. The Hall–Kier alpha value is -3.27. The second-order valence-electron chi connectivity index (χ2n) is 9.97. The number of sulfonamides is 1. The van der Waals surface area contributed by atoms with Crippen LogP contribution >= 0.6 is 0 Å². The second-order valence-corrected chi connectivity index (χ2v) is 11.9. The molecule has 0 bridgehead atoms. The molecule has 1 aliphatic carbocycles. The standard InChI is InChI=1S/C29H33N3O5S/c1-3-23-6-5-17-32(23)38(35,36)24-12-9-20(10-13-24)25-7-4-8-27(30-25)31-28(34)29(15-16-29)22-11-14-26(37-2)21(18-22)19-33/h4,7-14,18,23,33H,3,5-6,15-17,19H2,1-2H3,(H,30,31,34)/t23-/m0/s1. The first kappa shape index (κ1) is 26.3. The maximum Gasteiger partial charge on any atom is 0.243 e. The number of aliphatic hydroxyl groups is 1. The van der Waals surface area contributed by atoms with Gasteiger partial charge in [0.05, 0.1) is 29.7 Å². The van der Waals surface area contributed by atoms with Crippen molar-refractivity contribution in [2.75, 3.05) is 19.0 Å². The summed E-state index contributed by atoms with van der Waals surface area (Å²) in [5.74, 6) is 0.870. The number of rotatable bonds is 9. The molecular formula is C29H33N3O5S. The number of amides is 1. The molecule has 9 heteroatoms. The number of pyridine rings is 1. The molecule has 1 aromatic heterocycles. The Labute approximate surface area is 223 Å². The van der Waals surface area contributed by atoms with Crippen molar-refractivity contribution in [3.05, 3.63) is 71.8 Å². The summed E-state index contributed by atoms with van der Waals surface area (Å²) in [7, 11) is -1.99. The van der Waals surface area contributed by atoms with Gasteiger partial charge in [0.15, 0.2) is 0 Å². The lowest BCUT2D eigenvalue weighted by Gasteiger charge is -2.23. The molecule has 1 saturated carbocycles. The largest absolute Gasteiger partial charge is 0.496 e. The molecule has 1 aliphatic heterocycles. The van der Waals surface area contributed by atoms with Gasteiger partial charge < -0.3 is 15.2 Å². The highest BCUT2D eigenvalue weighted by Crippen LogP contribution is 2.49. The number of carbonyl (C=O) groups excluding carboxylic acids is 1. The summed E-state index contributed by atoms with van der Waals surface area (Å²) >= 11 is 0. The van der Waals surface area contributed by atoms with E-state index in [-0.39, 0.29) is 23.5 Å². The van der Waals surface area contributed by atoms with Gasteiger partial charge in [0.2, 0.25) is 15.9 Å². The molecule has 1 amide bonds. The van der Waals surface area contributed by atoms with Crippen LogP contribution in [0, 0.1) is 0 Å². The lowest BCUT2D eigenvalue weighted by Crippen LogP contribution is -2.35. The van der Waals surface area contributed by atoms with E-state index in [1.807, 2.05) is 31.2 Å². The van der Waals surface area contributed by atoms with Crippen LogP contribution in [0.1, 0.15) is 50.2 Å². The molecule has 2 aliphatic rings. The van der Waals surface area contributed by atoms with Crippen LogP contribution in [0.25, 0.3) is 11.3 Å². The first-order valence-electron chi connectivity index (χ1n) is 13.0. The third-order valence-electron chi connectivity index (χ3n) is 7.73. The Kier molecular flexibility index (Phi) is 7.26. The average Bonchev–Trinajstić information content (AvgIpc) is 3.62. The Bertz CT molecular complexity index is 1430. The predicted molar refractivity (Wildman–Crippen MR) is 145 cm³/mol. The smallest absolute Gasteiger partial charge is 0.243 e. The second kappa shape index (κ2) is 10.5. The van der Waals surface area contributed by atoms with Gasteiger partial charge in [0, 0.05) is 23.7 Å². The minimum absolute atomic E-state index is 0.0598. The third kappa shape index (κ3) is 4.81. The first-order valence-corrected chi connectivity index (χ1v) is 14.5. The molecule has 0 unspecified atom stereocenters. The van der Waals surface area contributed by atoms with E-state index < -0.39 is 15.4 Å². The fourth-order valence-corrected chi connectivity index (χ4v) is 7.11. The summed E-state index contributed by atoms with van der Waals surface area (Å²) in [6.07, 6.45) is 4.02. The van der Waals surface area contributed by atoms with Crippen LogP contribution in [0.4, 0.5) is 5.82 Å². The number of anilines is 1. The van der Waals surface area contributed by atoms with E-state index in [4.69, 9.17) is 4.74 Å². The quantitative estimate of drug-likeness (QED) is 0.418. The van der Waals surface area contributed by atoms with E-state index in [9.17, 15) is 18.3 Å². The number of carbonyl (C=O) groups is 1. The molecule has 200 valence electrons. The topological polar surface area (TPSA) is 109 Å².